The molecule has 0 amide bonds. The molecular weight excluding hydrogens is 152 g/mol. The number of nitrogens with one attached hydrogen (secondary N) is 1. The second-order valence-electron chi connectivity index (χ2n) is 3.43. The Bertz CT molecular complexity index is 96.5. The summed E-state index contributed by atoms with van der Waals surface area (Å²) >= 11 is 0. The SMILES string of the molecule is CCCNC(CO)CCN(C)C. The molecule has 0 saturated carbocycles. The third-order valence-electron chi connectivity index (χ3n) is 1.83. The van der Waals surface area contributed by atoms with Crippen LogP contribution in [0.4, 0.5) is 0 Å². The minimum absolute atomic E-state index is 0.244. The van der Waals surface area contributed by atoms with E-state index in [4.69, 9.17) is 5.11 Å². The molecule has 0 aromatic heterocycles. The van der Waals surface area contributed by atoms with Gasteiger partial charge in [-0.1, -0.05) is 6.92 Å². The van der Waals surface area contributed by atoms with Crippen LogP contribution in [0.15, 0.2) is 0 Å². The van der Waals surface area contributed by atoms with Crippen LogP contribution in [-0.2, 0) is 0 Å². The Hall–Kier alpha value is -0.120. The lowest BCUT2D eigenvalue weighted by Crippen LogP contribution is -2.35. The van der Waals surface area contributed by atoms with E-state index in [2.05, 4.69) is 17.1 Å². The molecule has 0 fully saturated rings. The van der Waals surface area contributed by atoms with Crippen LogP contribution in [0.1, 0.15) is 19.8 Å². The Morgan fingerprint density at radius 2 is 2.08 bits per heavy atom. The number of hydrogen-bond acceptors (Lipinski definition) is 3. The first-order valence-corrected chi connectivity index (χ1v) is 4.69. The Kier molecular flexibility index (Phi) is 7.45. The fourth-order valence-corrected chi connectivity index (χ4v) is 1.02. The molecule has 1 atom stereocenters. The Labute approximate surface area is 75.8 Å². The summed E-state index contributed by atoms with van der Waals surface area (Å²) in [5.41, 5.74) is 0. The van der Waals surface area contributed by atoms with Gasteiger partial charge < -0.3 is 15.3 Å². The zero-order valence-corrected chi connectivity index (χ0v) is 8.51. The molecule has 0 bridgehead atoms. The van der Waals surface area contributed by atoms with E-state index in [1.807, 2.05) is 14.1 Å². The quantitative estimate of drug-likeness (QED) is 0.582. The lowest BCUT2D eigenvalue weighted by Gasteiger charge is -2.18. The summed E-state index contributed by atoms with van der Waals surface area (Å²) in [5.74, 6) is 0. The molecule has 2 N–H and O–H groups in total. The standard InChI is InChI=1S/C9H22N2O/c1-4-6-10-9(8-12)5-7-11(2)3/h9-10,12H,4-8H2,1-3H3. The van der Waals surface area contributed by atoms with Gasteiger partial charge in [-0.3, -0.25) is 0 Å². The van der Waals surface area contributed by atoms with Crippen molar-refractivity contribution in [2.75, 3.05) is 33.8 Å². The number of aliphatic hydroxyl groups is 1. The fraction of sp³-hybridized carbons (Fsp3) is 1.00. The van der Waals surface area contributed by atoms with E-state index >= 15 is 0 Å². The lowest BCUT2D eigenvalue weighted by molar-refractivity contribution is 0.224. The minimum atomic E-state index is 0.244. The van der Waals surface area contributed by atoms with E-state index < -0.39 is 0 Å². The third kappa shape index (κ3) is 6.58. The van der Waals surface area contributed by atoms with Gasteiger partial charge in [-0.15, -0.1) is 0 Å². The molecule has 0 spiro atoms. The molecule has 0 aliphatic carbocycles. The smallest absolute Gasteiger partial charge is 0.0585 e. The van der Waals surface area contributed by atoms with Gasteiger partial charge in [0.05, 0.1) is 6.61 Å². The van der Waals surface area contributed by atoms with Crippen molar-refractivity contribution in [3.8, 4) is 0 Å². The molecule has 0 radical (unpaired) electrons. The van der Waals surface area contributed by atoms with Crippen LogP contribution in [0, 0.1) is 0 Å². The highest BCUT2D eigenvalue weighted by molar-refractivity contribution is 4.65. The average Bonchev–Trinajstić information content (AvgIpc) is 2.05. The summed E-state index contributed by atoms with van der Waals surface area (Å²) in [6.45, 7) is 4.40. The zero-order chi connectivity index (χ0) is 9.40. The Balaban J connectivity index is 3.39. The number of nitrogens with zero attached hydrogens (tertiary/aromatic N) is 1. The predicted molar refractivity (Wildman–Crippen MR) is 52.3 cm³/mol. The van der Waals surface area contributed by atoms with Crippen molar-refractivity contribution in [2.24, 2.45) is 0 Å². The molecule has 0 aliphatic rings. The first kappa shape index (κ1) is 11.9. The highest BCUT2D eigenvalue weighted by Crippen LogP contribution is 1.92. The molecule has 0 aromatic carbocycles. The second-order valence-corrected chi connectivity index (χ2v) is 3.43. The second kappa shape index (κ2) is 7.53. The van der Waals surface area contributed by atoms with Crippen molar-refractivity contribution >= 4 is 0 Å². The van der Waals surface area contributed by atoms with Gasteiger partial charge in [0.2, 0.25) is 0 Å². The maximum Gasteiger partial charge on any atom is 0.0585 e. The van der Waals surface area contributed by atoms with E-state index in [-0.39, 0.29) is 12.6 Å². The van der Waals surface area contributed by atoms with Crippen molar-refractivity contribution in [1.82, 2.24) is 10.2 Å². The number of aliphatic hydroxyl groups excluding tert-OH is 1. The molecule has 74 valence electrons. The molecule has 1 unspecified atom stereocenters. The van der Waals surface area contributed by atoms with Crippen LogP contribution >= 0.6 is 0 Å². The van der Waals surface area contributed by atoms with Crippen LogP contribution in [0.5, 0.6) is 0 Å². The summed E-state index contributed by atoms with van der Waals surface area (Å²) in [4.78, 5) is 2.14. The molecule has 0 saturated heterocycles. The lowest BCUT2D eigenvalue weighted by atomic mass is 10.2. The molecule has 0 heterocycles. The summed E-state index contributed by atoms with van der Waals surface area (Å²) in [7, 11) is 4.10. The van der Waals surface area contributed by atoms with Crippen LogP contribution < -0.4 is 5.32 Å². The molecule has 3 nitrogen and oxygen atoms in total. The monoisotopic (exact) mass is 174 g/mol. The van der Waals surface area contributed by atoms with E-state index in [9.17, 15) is 0 Å². The van der Waals surface area contributed by atoms with E-state index in [0.29, 0.717) is 0 Å². The zero-order valence-electron chi connectivity index (χ0n) is 8.51. The maximum atomic E-state index is 8.98. The summed E-state index contributed by atoms with van der Waals surface area (Å²) in [6, 6.07) is 0.271. The largest absolute Gasteiger partial charge is 0.395 e. The first-order valence-electron chi connectivity index (χ1n) is 4.69. The van der Waals surface area contributed by atoms with Gasteiger partial charge >= 0.3 is 0 Å². The number of rotatable bonds is 7. The van der Waals surface area contributed by atoms with Gasteiger partial charge in [0.15, 0.2) is 0 Å². The average molecular weight is 174 g/mol. The van der Waals surface area contributed by atoms with Gasteiger partial charge in [0.25, 0.3) is 0 Å². The van der Waals surface area contributed by atoms with Crippen molar-refractivity contribution in [2.45, 2.75) is 25.8 Å². The molecule has 12 heavy (non-hydrogen) atoms. The molecule has 0 aromatic rings. The first-order chi connectivity index (χ1) is 5.70. The minimum Gasteiger partial charge on any atom is -0.395 e. The van der Waals surface area contributed by atoms with Crippen LogP contribution in [-0.4, -0.2) is 49.8 Å². The highest BCUT2D eigenvalue weighted by Gasteiger charge is 2.05. The van der Waals surface area contributed by atoms with Crippen molar-refractivity contribution in [3.05, 3.63) is 0 Å². The predicted octanol–water partition coefficient (Wildman–Crippen LogP) is 0.299. The van der Waals surface area contributed by atoms with E-state index in [1.165, 1.54) is 0 Å². The number of hydrogen-bond donors (Lipinski definition) is 2. The van der Waals surface area contributed by atoms with E-state index in [1.54, 1.807) is 0 Å². The van der Waals surface area contributed by atoms with Crippen LogP contribution in [0.3, 0.4) is 0 Å². The van der Waals surface area contributed by atoms with Crippen molar-refractivity contribution in [3.63, 3.8) is 0 Å². The van der Waals surface area contributed by atoms with Crippen LogP contribution in [0.2, 0.25) is 0 Å². The van der Waals surface area contributed by atoms with Crippen LogP contribution in [0.25, 0.3) is 0 Å². The van der Waals surface area contributed by atoms with Gasteiger partial charge in [-0.05, 0) is 40.0 Å². The Morgan fingerprint density at radius 3 is 2.50 bits per heavy atom. The summed E-state index contributed by atoms with van der Waals surface area (Å²) in [6.07, 6.45) is 2.14. The van der Waals surface area contributed by atoms with Gasteiger partial charge in [-0.2, -0.15) is 0 Å². The molecule has 0 rings (SSSR count). The van der Waals surface area contributed by atoms with Gasteiger partial charge in [0.1, 0.15) is 0 Å². The summed E-state index contributed by atoms with van der Waals surface area (Å²) < 4.78 is 0. The normalized spacial score (nSPS) is 13.8. The summed E-state index contributed by atoms with van der Waals surface area (Å²) in [5, 5.41) is 12.3. The van der Waals surface area contributed by atoms with E-state index in [0.717, 1.165) is 25.9 Å². The third-order valence-corrected chi connectivity index (χ3v) is 1.83. The fourth-order valence-electron chi connectivity index (χ4n) is 1.02. The Morgan fingerprint density at radius 1 is 1.42 bits per heavy atom. The molecule has 0 aliphatic heterocycles. The van der Waals surface area contributed by atoms with Gasteiger partial charge in [0, 0.05) is 6.04 Å². The topological polar surface area (TPSA) is 35.5 Å². The maximum absolute atomic E-state index is 8.98. The van der Waals surface area contributed by atoms with Gasteiger partial charge in [-0.25, -0.2) is 0 Å². The molecule has 3 heteroatoms. The molecular formula is C9H22N2O. The van der Waals surface area contributed by atoms with Crippen molar-refractivity contribution in [1.29, 1.82) is 0 Å². The highest BCUT2D eigenvalue weighted by atomic mass is 16.3. The van der Waals surface area contributed by atoms with Crippen molar-refractivity contribution < 1.29 is 5.11 Å².